The number of hydrogen-bond acceptors (Lipinski definition) is 5. The average Bonchev–Trinajstić information content (AvgIpc) is 2.45. The Bertz CT molecular complexity index is 414. The van der Waals surface area contributed by atoms with Gasteiger partial charge in [0.1, 0.15) is 0 Å². The van der Waals surface area contributed by atoms with Crippen molar-refractivity contribution in [3.63, 3.8) is 0 Å². The monoisotopic (exact) mass is 303 g/mol. The van der Waals surface area contributed by atoms with Crippen LogP contribution in [0.3, 0.4) is 0 Å². The Morgan fingerprint density at radius 2 is 1.90 bits per heavy atom. The van der Waals surface area contributed by atoms with Gasteiger partial charge in [0.05, 0.1) is 32.0 Å². The molecule has 6 heteroatoms. The van der Waals surface area contributed by atoms with E-state index in [9.17, 15) is 0 Å². The summed E-state index contributed by atoms with van der Waals surface area (Å²) in [7, 11) is 6.47. The third-order valence-corrected chi connectivity index (χ3v) is 3.16. The Balaban J connectivity index is 2.62. The van der Waals surface area contributed by atoms with Crippen LogP contribution in [-0.2, 0) is 16.0 Å². The number of rotatable bonds is 9. The number of halogens is 1. The van der Waals surface area contributed by atoms with Crippen LogP contribution >= 0.6 is 11.6 Å². The van der Waals surface area contributed by atoms with E-state index in [4.69, 9.17) is 30.5 Å². The predicted octanol–water partition coefficient (Wildman–Crippen LogP) is 2.11. The molecule has 0 aliphatic carbocycles. The van der Waals surface area contributed by atoms with E-state index in [1.807, 2.05) is 12.1 Å². The van der Waals surface area contributed by atoms with Crippen molar-refractivity contribution < 1.29 is 18.9 Å². The van der Waals surface area contributed by atoms with Crippen molar-refractivity contribution in [2.24, 2.45) is 0 Å². The summed E-state index contributed by atoms with van der Waals surface area (Å²) in [4.78, 5) is 0. The standard InChI is InChI=1S/C14H22ClNO4/c1-17-9-11(18-2)8-16-7-10-5-12(15)14(20-4)13(6-10)19-3/h5-6,11,16H,7-9H2,1-4H3. The van der Waals surface area contributed by atoms with Crippen LogP contribution in [0.1, 0.15) is 5.56 Å². The number of hydrogen-bond donors (Lipinski definition) is 1. The molecule has 0 saturated carbocycles. The van der Waals surface area contributed by atoms with Gasteiger partial charge >= 0.3 is 0 Å². The van der Waals surface area contributed by atoms with Crippen LogP contribution in [0.4, 0.5) is 0 Å². The quantitative estimate of drug-likeness (QED) is 0.757. The maximum Gasteiger partial charge on any atom is 0.179 e. The molecule has 5 nitrogen and oxygen atoms in total. The average molecular weight is 304 g/mol. The summed E-state index contributed by atoms with van der Waals surface area (Å²) in [6.07, 6.45) is 0.0237. The Kier molecular flexibility index (Phi) is 7.69. The molecule has 0 fully saturated rings. The lowest BCUT2D eigenvalue weighted by Crippen LogP contribution is -2.31. The van der Waals surface area contributed by atoms with Crippen LogP contribution in [0.2, 0.25) is 5.02 Å². The molecule has 1 aromatic carbocycles. The summed E-state index contributed by atoms with van der Waals surface area (Å²) < 4.78 is 20.8. The fourth-order valence-electron chi connectivity index (χ4n) is 1.85. The largest absolute Gasteiger partial charge is 0.493 e. The summed E-state index contributed by atoms with van der Waals surface area (Å²) in [5.41, 5.74) is 1.01. The molecule has 1 rings (SSSR count). The van der Waals surface area contributed by atoms with Crippen molar-refractivity contribution in [3.05, 3.63) is 22.7 Å². The predicted molar refractivity (Wildman–Crippen MR) is 78.9 cm³/mol. The first kappa shape index (κ1) is 17.0. The molecule has 0 aromatic heterocycles. The molecule has 114 valence electrons. The van der Waals surface area contributed by atoms with E-state index in [0.717, 1.165) is 5.56 Å². The van der Waals surface area contributed by atoms with E-state index in [0.29, 0.717) is 36.2 Å². The molecule has 1 unspecified atom stereocenters. The van der Waals surface area contributed by atoms with E-state index in [1.54, 1.807) is 28.4 Å². The van der Waals surface area contributed by atoms with Crippen molar-refractivity contribution in [1.29, 1.82) is 0 Å². The Morgan fingerprint density at radius 3 is 2.45 bits per heavy atom. The fraction of sp³-hybridized carbons (Fsp3) is 0.571. The summed E-state index contributed by atoms with van der Waals surface area (Å²) in [5.74, 6) is 1.17. The topological polar surface area (TPSA) is 49.0 Å². The van der Waals surface area contributed by atoms with Gasteiger partial charge in [-0.2, -0.15) is 0 Å². The van der Waals surface area contributed by atoms with E-state index in [1.165, 1.54) is 0 Å². The van der Waals surface area contributed by atoms with E-state index in [2.05, 4.69) is 5.32 Å². The molecule has 1 atom stereocenters. The van der Waals surface area contributed by atoms with Crippen molar-refractivity contribution in [3.8, 4) is 11.5 Å². The first-order valence-electron chi connectivity index (χ1n) is 6.29. The first-order chi connectivity index (χ1) is 9.65. The molecular weight excluding hydrogens is 282 g/mol. The second kappa shape index (κ2) is 9.02. The molecule has 0 aliphatic rings. The summed E-state index contributed by atoms with van der Waals surface area (Å²) in [6, 6.07) is 3.75. The zero-order valence-corrected chi connectivity index (χ0v) is 13.1. The van der Waals surface area contributed by atoms with Gasteiger partial charge < -0.3 is 24.3 Å². The van der Waals surface area contributed by atoms with E-state index < -0.39 is 0 Å². The summed E-state index contributed by atoms with van der Waals surface area (Å²) in [6.45, 7) is 1.90. The second-order valence-electron chi connectivity index (χ2n) is 4.26. The molecule has 0 amide bonds. The van der Waals surface area contributed by atoms with Gasteiger partial charge in [-0.3, -0.25) is 0 Å². The molecule has 0 saturated heterocycles. The van der Waals surface area contributed by atoms with Crippen LogP contribution in [0, 0.1) is 0 Å². The van der Waals surface area contributed by atoms with Gasteiger partial charge in [-0.15, -0.1) is 0 Å². The highest BCUT2D eigenvalue weighted by molar-refractivity contribution is 6.32. The minimum atomic E-state index is 0.0237. The molecular formula is C14H22ClNO4. The highest BCUT2D eigenvalue weighted by Crippen LogP contribution is 2.35. The SMILES string of the molecule is COCC(CNCc1cc(Cl)c(OC)c(OC)c1)OC. The van der Waals surface area contributed by atoms with Crippen molar-refractivity contribution in [2.45, 2.75) is 12.6 Å². The fourth-order valence-corrected chi connectivity index (χ4v) is 2.16. The van der Waals surface area contributed by atoms with Gasteiger partial charge in [0.25, 0.3) is 0 Å². The van der Waals surface area contributed by atoms with Gasteiger partial charge in [-0.25, -0.2) is 0 Å². The Labute approximate surface area is 125 Å². The number of ether oxygens (including phenoxy) is 4. The molecule has 0 radical (unpaired) electrons. The molecule has 0 aliphatic heterocycles. The smallest absolute Gasteiger partial charge is 0.179 e. The summed E-state index contributed by atoms with van der Waals surface area (Å²) >= 11 is 6.15. The molecule has 1 N–H and O–H groups in total. The van der Waals surface area contributed by atoms with Crippen LogP contribution in [0.15, 0.2) is 12.1 Å². The minimum Gasteiger partial charge on any atom is -0.493 e. The van der Waals surface area contributed by atoms with Crippen molar-refractivity contribution in [2.75, 3.05) is 41.6 Å². The van der Waals surface area contributed by atoms with Crippen molar-refractivity contribution >= 4 is 11.6 Å². The molecule has 20 heavy (non-hydrogen) atoms. The van der Waals surface area contributed by atoms with Gasteiger partial charge in [0.15, 0.2) is 11.5 Å². The highest BCUT2D eigenvalue weighted by Gasteiger charge is 2.11. The number of nitrogens with one attached hydrogen (secondary N) is 1. The van der Waals surface area contributed by atoms with Crippen LogP contribution in [0.25, 0.3) is 0 Å². The Morgan fingerprint density at radius 1 is 1.15 bits per heavy atom. The van der Waals surface area contributed by atoms with Gasteiger partial charge in [-0.1, -0.05) is 11.6 Å². The maximum atomic E-state index is 6.15. The first-order valence-corrected chi connectivity index (χ1v) is 6.66. The van der Waals surface area contributed by atoms with E-state index in [-0.39, 0.29) is 6.10 Å². The van der Waals surface area contributed by atoms with Crippen molar-refractivity contribution in [1.82, 2.24) is 5.32 Å². The lowest BCUT2D eigenvalue weighted by molar-refractivity contribution is 0.0288. The van der Waals surface area contributed by atoms with Gasteiger partial charge in [-0.05, 0) is 17.7 Å². The normalized spacial score (nSPS) is 12.2. The third kappa shape index (κ3) is 4.83. The zero-order chi connectivity index (χ0) is 15.0. The molecule has 0 spiro atoms. The molecule has 0 bridgehead atoms. The third-order valence-electron chi connectivity index (χ3n) is 2.88. The van der Waals surface area contributed by atoms with Crippen LogP contribution < -0.4 is 14.8 Å². The molecule has 1 aromatic rings. The zero-order valence-electron chi connectivity index (χ0n) is 12.4. The van der Waals surface area contributed by atoms with E-state index >= 15 is 0 Å². The molecule has 0 heterocycles. The van der Waals surface area contributed by atoms with Gasteiger partial charge in [0, 0.05) is 27.3 Å². The lowest BCUT2D eigenvalue weighted by atomic mass is 10.2. The van der Waals surface area contributed by atoms with Crippen LogP contribution in [-0.4, -0.2) is 47.7 Å². The second-order valence-corrected chi connectivity index (χ2v) is 4.66. The van der Waals surface area contributed by atoms with Gasteiger partial charge in [0.2, 0.25) is 0 Å². The Hall–Kier alpha value is -1.01. The number of benzene rings is 1. The maximum absolute atomic E-state index is 6.15. The summed E-state index contributed by atoms with van der Waals surface area (Å²) in [5, 5.41) is 3.82. The lowest BCUT2D eigenvalue weighted by Gasteiger charge is -2.16. The van der Waals surface area contributed by atoms with Crippen LogP contribution in [0.5, 0.6) is 11.5 Å². The highest BCUT2D eigenvalue weighted by atomic mass is 35.5. The number of methoxy groups -OCH3 is 4. The minimum absolute atomic E-state index is 0.0237.